The van der Waals surface area contributed by atoms with Crippen molar-refractivity contribution in [2.75, 3.05) is 13.2 Å². The lowest BCUT2D eigenvalue weighted by Crippen LogP contribution is -1.98. The summed E-state index contributed by atoms with van der Waals surface area (Å²) < 4.78 is 0. The molecule has 2 nitrogen and oxygen atoms in total. The van der Waals surface area contributed by atoms with E-state index in [-0.39, 0.29) is 0 Å². The fraction of sp³-hybridized carbons (Fsp3) is 0.667. The lowest BCUT2D eigenvalue weighted by molar-refractivity contribution is -0.295. The molecular weight excluding hydrogens is 248 g/mol. The van der Waals surface area contributed by atoms with Gasteiger partial charge in [-0.2, -0.15) is 0 Å². The highest BCUT2D eigenvalue weighted by atomic mass is 17.2. The molecule has 0 saturated heterocycles. The van der Waals surface area contributed by atoms with Crippen LogP contribution in [-0.4, -0.2) is 13.2 Å². The first kappa shape index (κ1) is 19.1. The van der Waals surface area contributed by atoms with Gasteiger partial charge in [0.2, 0.25) is 0 Å². The van der Waals surface area contributed by atoms with Crippen molar-refractivity contribution in [3.05, 3.63) is 35.4 Å². The summed E-state index contributed by atoms with van der Waals surface area (Å²) in [6, 6.07) is 8.36. The molecule has 0 aliphatic carbocycles. The van der Waals surface area contributed by atoms with E-state index in [0.717, 1.165) is 26.1 Å². The maximum atomic E-state index is 4.98. The summed E-state index contributed by atoms with van der Waals surface area (Å²) in [6.07, 6.45) is 7.17. The van der Waals surface area contributed by atoms with Crippen molar-refractivity contribution >= 4 is 0 Å². The average molecular weight is 280 g/mol. The fourth-order valence-corrected chi connectivity index (χ4v) is 1.60. The first-order valence-corrected chi connectivity index (χ1v) is 7.99. The van der Waals surface area contributed by atoms with Gasteiger partial charge in [-0.25, -0.2) is 9.78 Å². The lowest BCUT2D eigenvalue weighted by atomic mass is 10.1. The largest absolute Gasteiger partial charge is 0.237 e. The molecule has 1 rings (SSSR count). The van der Waals surface area contributed by atoms with E-state index in [2.05, 4.69) is 52.0 Å². The van der Waals surface area contributed by atoms with E-state index in [1.807, 2.05) is 0 Å². The summed E-state index contributed by atoms with van der Waals surface area (Å²) in [7, 11) is 0. The van der Waals surface area contributed by atoms with Crippen molar-refractivity contribution < 1.29 is 9.78 Å². The highest BCUT2D eigenvalue weighted by Gasteiger charge is 1.89. The predicted molar refractivity (Wildman–Crippen MR) is 86.9 cm³/mol. The predicted octanol–water partition coefficient (Wildman–Crippen LogP) is 5.62. The molecule has 0 heterocycles. The zero-order valence-electron chi connectivity index (χ0n) is 13.8. The first-order valence-electron chi connectivity index (χ1n) is 7.99. The summed E-state index contributed by atoms with van der Waals surface area (Å²) in [5.74, 6) is 0. The van der Waals surface area contributed by atoms with Crippen LogP contribution in [0.4, 0.5) is 0 Å². The smallest absolute Gasteiger partial charge is 0.0822 e. The van der Waals surface area contributed by atoms with Crippen LogP contribution in [0.15, 0.2) is 24.3 Å². The molecule has 0 unspecified atom stereocenters. The molecule has 2 heteroatoms. The van der Waals surface area contributed by atoms with E-state index >= 15 is 0 Å². The summed E-state index contributed by atoms with van der Waals surface area (Å²) in [6.45, 7) is 10.1. The second kappa shape index (κ2) is 14.5. The monoisotopic (exact) mass is 280 g/mol. The Morgan fingerprint density at radius 1 is 0.700 bits per heavy atom. The minimum Gasteiger partial charge on any atom is -0.237 e. The van der Waals surface area contributed by atoms with Crippen LogP contribution in [0, 0.1) is 13.8 Å². The van der Waals surface area contributed by atoms with Gasteiger partial charge in [0.05, 0.1) is 13.2 Å². The van der Waals surface area contributed by atoms with Gasteiger partial charge in [0.15, 0.2) is 0 Å². The van der Waals surface area contributed by atoms with Crippen LogP contribution in [-0.2, 0) is 9.78 Å². The molecular formula is C18H32O2. The van der Waals surface area contributed by atoms with Gasteiger partial charge in [-0.05, 0) is 37.8 Å². The normalized spacial score (nSPS) is 10.0. The van der Waals surface area contributed by atoms with Crippen molar-refractivity contribution in [1.29, 1.82) is 0 Å². The van der Waals surface area contributed by atoms with Crippen LogP contribution in [0.3, 0.4) is 0 Å². The number of unbranched alkanes of at least 4 members (excludes halogenated alkanes) is 4. The lowest BCUT2D eigenvalue weighted by Gasteiger charge is -2.02. The van der Waals surface area contributed by atoms with E-state index in [0.29, 0.717) is 0 Å². The molecule has 0 spiro atoms. The van der Waals surface area contributed by atoms with Gasteiger partial charge in [0.25, 0.3) is 0 Å². The highest BCUT2D eigenvalue weighted by Crippen LogP contribution is 2.02. The average Bonchev–Trinajstić information content (AvgIpc) is 2.46. The van der Waals surface area contributed by atoms with Crippen molar-refractivity contribution in [3.8, 4) is 0 Å². The van der Waals surface area contributed by atoms with Crippen molar-refractivity contribution in [1.82, 2.24) is 0 Å². The van der Waals surface area contributed by atoms with Crippen LogP contribution in [0.2, 0.25) is 0 Å². The standard InChI is InChI=1S/C10H22O2.C8H10/c1-3-5-7-9-11-12-10-8-6-4-2;1-7-5-3-4-6-8(7)2/h3-10H2,1-2H3;3-6H,1-2H3. The number of hydrogen-bond donors (Lipinski definition) is 0. The molecule has 116 valence electrons. The molecule has 0 amide bonds. The minimum atomic E-state index is 0.750. The number of benzene rings is 1. The molecule has 20 heavy (non-hydrogen) atoms. The topological polar surface area (TPSA) is 18.5 Å². The van der Waals surface area contributed by atoms with E-state index in [4.69, 9.17) is 9.78 Å². The second-order valence-corrected chi connectivity index (χ2v) is 5.14. The molecule has 1 aromatic carbocycles. The Morgan fingerprint density at radius 3 is 1.40 bits per heavy atom. The Labute approximate surface area is 125 Å². The molecule has 0 atom stereocenters. The number of hydrogen-bond acceptors (Lipinski definition) is 2. The van der Waals surface area contributed by atoms with Gasteiger partial charge in [-0.1, -0.05) is 63.8 Å². The van der Waals surface area contributed by atoms with Crippen molar-refractivity contribution in [2.24, 2.45) is 0 Å². The fourth-order valence-electron chi connectivity index (χ4n) is 1.60. The van der Waals surface area contributed by atoms with E-state index in [1.54, 1.807) is 0 Å². The quantitative estimate of drug-likeness (QED) is 0.332. The Morgan fingerprint density at radius 2 is 1.10 bits per heavy atom. The molecule has 0 bridgehead atoms. The number of aryl methyl sites for hydroxylation is 2. The van der Waals surface area contributed by atoms with Gasteiger partial charge < -0.3 is 0 Å². The van der Waals surface area contributed by atoms with Gasteiger partial charge in [0.1, 0.15) is 0 Å². The zero-order valence-corrected chi connectivity index (χ0v) is 13.8. The Kier molecular flexibility index (Phi) is 13.9. The van der Waals surface area contributed by atoms with Crippen molar-refractivity contribution in [2.45, 2.75) is 66.2 Å². The van der Waals surface area contributed by atoms with E-state index in [1.165, 1.54) is 36.8 Å². The molecule has 0 fully saturated rings. The number of rotatable bonds is 9. The van der Waals surface area contributed by atoms with Gasteiger partial charge >= 0.3 is 0 Å². The first-order chi connectivity index (χ1) is 9.72. The van der Waals surface area contributed by atoms with E-state index < -0.39 is 0 Å². The summed E-state index contributed by atoms with van der Waals surface area (Å²) in [5, 5.41) is 0. The molecule has 0 aliphatic rings. The van der Waals surface area contributed by atoms with Crippen LogP contribution >= 0.6 is 0 Å². The third kappa shape index (κ3) is 12.2. The third-order valence-electron chi connectivity index (χ3n) is 3.17. The van der Waals surface area contributed by atoms with Crippen molar-refractivity contribution in [3.63, 3.8) is 0 Å². The molecule has 0 saturated carbocycles. The van der Waals surface area contributed by atoms with Crippen LogP contribution < -0.4 is 0 Å². The van der Waals surface area contributed by atoms with Gasteiger partial charge in [0, 0.05) is 0 Å². The summed E-state index contributed by atoms with van der Waals surface area (Å²) >= 11 is 0. The minimum absolute atomic E-state index is 0.750. The molecule has 1 aromatic rings. The molecule has 0 aromatic heterocycles. The van der Waals surface area contributed by atoms with Crippen LogP contribution in [0.5, 0.6) is 0 Å². The maximum Gasteiger partial charge on any atom is 0.0822 e. The molecule has 0 radical (unpaired) electrons. The molecule has 0 aliphatic heterocycles. The van der Waals surface area contributed by atoms with Crippen LogP contribution in [0.25, 0.3) is 0 Å². The third-order valence-corrected chi connectivity index (χ3v) is 3.17. The Balaban J connectivity index is 0.000000388. The summed E-state index contributed by atoms with van der Waals surface area (Å²) in [5.41, 5.74) is 2.74. The zero-order chi connectivity index (χ0) is 15.1. The molecule has 0 N–H and O–H groups in total. The van der Waals surface area contributed by atoms with E-state index in [9.17, 15) is 0 Å². The van der Waals surface area contributed by atoms with Gasteiger partial charge in [-0.15, -0.1) is 0 Å². The SMILES string of the molecule is CCCCCOOCCCCC.Cc1ccccc1C. The summed E-state index contributed by atoms with van der Waals surface area (Å²) in [4.78, 5) is 9.96. The maximum absolute atomic E-state index is 4.98. The highest BCUT2D eigenvalue weighted by molar-refractivity contribution is 5.23. The Hall–Kier alpha value is -0.860. The van der Waals surface area contributed by atoms with Gasteiger partial charge in [-0.3, -0.25) is 0 Å². The second-order valence-electron chi connectivity index (χ2n) is 5.14. The van der Waals surface area contributed by atoms with Crippen LogP contribution in [0.1, 0.15) is 63.5 Å². The Bertz CT molecular complexity index is 279.